The molecule has 0 spiro atoms. The van der Waals surface area contributed by atoms with Crippen LogP contribution in [0.15, 0.2) is 72.8 Å². The van der Waals surface area contributed by atoms with Crippen molar-refractivity contribution < 1.29 is 19.0 Å². The van der Waals surface area contributed by atoms with Crippen LogP contribution in [-0.2, 0) is 16.0 Å². The highest BCUT2D eigenvalue weighted by atomic mass is 16.5. The molecule has 5 heteroatoms. The minimum Gasteiger partial charge on any atom is -0.457 e. The Labute approximate surface area is 204 Å². The van der Waals surface area contributed by atoms with Crippen molar-refractivity contribution in [1.29, 1.82) is 5.26 Å². The molecule has 0 aliphatic heterocycles. The number of carbonyl (C=O) groups is 1. The van der Waals surface area contributed by atoms with Gasteiger partial charge in [-0.2, -0.15) is 5.26 Å². The number of para-hydroxylation sites is 1. The van der Waals surface area contributed by atoms with E-state index in [9.17, 15) is 4.79 Å². The summed E-state index contributed by atoms with van der Waals surface area (Å²) in [4.78, 5) is 10.7. The zero-order valence-electron chi connectivity index (χ0n) is 21.4. The first-order valence-electron chi connectivity index (χ1n) is 11.5. The number of aryl methyl sites for hydroxylation is 3. The molecule has 0 amide bonds. The van der Waals surface area contributed by atoms with Gasteiger partial charge in [-0.25, -0.2) is 0 Å². The van der Waals surface area contributed by atoms with E-state index in [1.165, 1.54) is 18.7 Å². The van der Waals surface area contributed by atoms with Gasteiger partial charge >= 0.3 is 5.97 Å². The van der Waals surface area contributed by atoms with Crippen molar-refractivity contribution in [1.82, 2.24) is 0 Å². The molecule has 5 nitrogen and oxygen atoms in total. The Morgan fingerprint density at radius 3 is 1.94 bits per heavy atom. The lowest BCUT2D eigenvalue weighted by molar-refractivity contribution is -0.131. The van der Waals surface area contributed by atoms with E-state index < -0.39 is 0 Å². The highest BCUT2D eigenvalue weighted by Gasteiger charge is 2.01. The summed E-state index contributed by atoms with van der Waals surface area (Å²) in [5.41, 5.74) is 3.41. The number of ether oxygens (including phenoxy) is 3. The fourth-order valence-electron chi connectivity index (χ4n) is 2.45. The summed E-state index contributed by atoms with van der Waals surface area (Å²) in [6.45, 7) is 13.7. The lowest BCUT2D eigenvalue weighted by Crippen LogP contribution is -2.02. The first-order valence-corrected chi connectivity index (χ1v) is 11.5. The third-order valence-corrected chi connectivity index (χ3v) is 4.12. The Hall–Kier alpha value is -3.78. The molecule has 0 saturated heterocycles. The molecule has 0 saturated carbocycles. The van der Waals surface area contributed by atoms with Gasteiger partial charge in [0.1, 0.15) is 17.2 Å². The molecule has 3 rings (SSSR count). The minimum absolute atomic E-state index is 0.274. The summed E-state index contributed by atoms with van der Waals surface area (Å²) in [7, 11) is 0. The van der Waals surface area contributed by atoms with Crippen molar-refractivity contribution in [3.05, 3.63) is 89.5 Å². The van der Waals surface area contributed by atoms with Crippen LogP contribution in [0.25, 0.3) is 0 Å². The number of nitriles is 1. The van der Waals surface area contributed by atoms with Gasteiger partial charge in [0.25, 0.3) is 6.26 Å². The summed E-state index contributed by atoms with van der Waals surface area (Å²) in [5, 5.41) is 7.59. The van der Waals surface area contributed by atoms with Crippen molar-refractivity contribution in [3.63, 3.8) is 0 Å². The molecule has 3 aromatic rings. The average Bonchev–Trinajstić information content (AvgIpc) is 2.85. The van der Waals surface area contributed by atoms with E-state index in [2.05, 4.69) is 23.8 Å². The first kappa shape index (κ1) is 30.2. The van der Waals surface area contributed by atoms with Crippen LogP contribution in [-0.4, -0.2) is 12.6 Å². The van der Waals surface area contributed by atoms with Crippen LogP contribution in [0.5, 0.6) is 17.2 Å². The second-order valence-corrected chi connectivity index (χ2v) is 6.80. The average molecular weight is 464 g/mol. The Bertz CT molecular complexity index is 977. The number of carbonyl (C=O) groups excluding carboxylic acids is 1. The predicted octanol–water partition coefficient (Wildman–Crippen LogP) is 7.80. The molecule has 0 heterocycles. The quantitative estimate of drug-likeness (QED) is 0.219. The summed E-state index contributed by atoms with van der Waals surface area (Å²) in [6.07, 6.45) is 2.58. The van der Waals surface area contributed by atoms with Crippen LogP contribution in [0, 0.1) is 25.4 Å². The van der Waals surface area contributed by atoms with Crippen LogP contribution in [0.3, 0.4) is 0 Å². The number of hydrogen-bond acceptors (Lipinski definition) is 5. The van der Waals surface area contributed by atoms with Gasteiger partial charge in [-0.1, -0.05) is 63.2 Å². The van der Waals surface area contributed by atoms with Crippen molar-refractivity contribution >= 4 is 5.97 Å². The molecule has 182 valence electrons. The predicted molar refractivity (Wildman–Crippen MR) is 138 cm³/mol. The smallest absolute Gasteiger partial charge is 0.308 e. The minimum atomic E-state index is -0.274. The zero-order valence-corrected chi connectivity index (χ0v) is 21.4. The maximum atomic E-state index is 10.7. The SMILES string of the molecule is CC.CC(=O)Oc1cc(C)ccc1C.CCOC#N.CCc1ccc(Oc2ccccc2)cc1. The largest absolute Gasteiger partial charge is 0.457 e. The number of esters is 1. The Morgan fingerprint density at radius 1 is 0.882 bits per heavy atom. The molecular weight excluding hydrogens is 426 g/mol. The molecule has 0 aliphatic carbocycles. The van der Waals surface area contributed by atoms with E-state index in [0.29, 0.717) is 12.4 Å². The molecular formula is C29H37NO4. The highest BCUT2D eigenvalue weighted by molar-refractivity contribution is 5.69. The fourth-order valence-corrected chi connectivity index (χ4v) is 2.45. The standard InChI is InChI=1S/C14H14O.C10H12O2.C3H5NO.C2H6/c1-2-12-8-10-14(11-9-12)15-13-6-4-3-5-7-13;1-7-4-5-8(2)10(6-7)12-9(3)11;1-2-5-3-4;1-2/h3-11H,2H2,1H3;4-6H,1-3H3;2H2,1H3;1-2H3. The monoisotopic (exact) mass is 463 g/mol. The van der Waals surface area contributed by atoms with Crippen LogP contribution < -0.4 is 9.47 Å². The number of rotatable bonds is 5. The van der Waals surface area contributed by atoms with Gasteiger partial charge in [-0.15, -0.1) is 0 Å². The summed E-state index contributed by atoms with van der Waals surface area (Å²) in [6, 6.07) is 23.8. The van der Waals surface area contributed by atoms with E-state index in [-0.39, 0.29) is 5.97 Å². The van der Waals surface area contributed by atoms with Gasteiger partial charge in [0.15, 0.2) is 0 Å². The lowest BCUT2D eigenvalue weighted by atomic mass is 10.1. The second kappa shape index (κ2) is 18.8. The number of nitrogens with zero attached hydrogens (tertiary/aromatic N) is 1. The number of benzene rings is 3. The zero-order chi connectivity index (χ0) is 25.8. The molecule has 0 fully saturated rings. The van der Waals surface area contributed by atoms with Gasteiger partial charge < -0.3 is 14.2 Å². The van der Waals surface area contributed by atoms with Gasteiger partial charge in [0, 0.05) is 6.92 Å². The third-order valence-electron chi connectivity index (χ3n) is 4.12. The highest BCUT2D eigenvalue weighted by Crippen LogP contribution is 2.21. The molecule has 0 bridgehead atoms. The summed E-state index contributed by atoms with van der Waals surface area (Å²) >= 11 is 0. The van der Waals surface area contributed by atoms with Gasteiger partial charge in [0.2, 0.25) is 0 Å². The summed E-state index contributed by atoms with van der Waals surface area (Å²) < 4.78 is 14.8. The molecule has 34 heavy (non-hydrogen) atoms. The fraction of sp³-hybridized carbons (Fsp3) is 0.310. The maximum Gasteiger partial charge on any atom is 0.308 e. The first-order chi connectivity index (χ1) is 16.4. The summed E-state index contributed by atoms with van der Waals surface area (Å²) in [5.74, 6) is 2.14. The third kappa shape index (κ3) is 13.6. The van der Waals surface area contributed by atoms with E-state index in [0.717, 1.165) is 29.0 Å². The van der Waals surface area contributed by atoms with Crippen molar-refractivity contribution in [2.75, 3.05) is 6.61 Å². The van der Waals surface area contributed by atoms with Crippen molar-refractivity contribution in [3.8, 4) is 23.5 Å². The van der Waals surface area contributed by atoms with Crippen LogP contribution in [0.2, 0.25) is 0 Å². The molecule has 0 N–H and O–H groups in total. The normalized spacial score (nSPS) is 8.76. The van der Waals surface area contributed by atoms with Crippen molar-refractivity contribution in [2.45, 2.75) is 54.9 Å². The molecule has 0 unspecified atom stereocenters. The Balaban J connectivity index is 0.000000514. The second-order valence-electron chi connectivity index (χ2n) is 6.80. The Morgan fingerprint density at radius 2 is 1.47 bits per heavy atom. The van der Waals surface area contributed by atoms with Crippen molar-refractivity contribution in [2.24, 2.45) is 0 Å². The number of hydrogen-bond donors (Lipinski definition) is 0. The van der Waals surface area contributed by atoms with E-state index in [1.807, 2.05) is 88.4 Å². The molecule has 0 atom stereocenters. The molecule has 0 aromatic heterocycles. The maximum absolute atomic E-state index is 10.7. The Kier molecular flexibility index (Phi) is 16.7. The van der Waals surface area contributed by atoms with Crippen LogP contribution in [0.1, 0.15) is 51.3 Å². The topological polar surface area (TPSA) is 68.5 Å². The molecule has 0 aliphatic rings. The van der Waals surface area contributed by atoms with E-state index >= 15 is 0 Å². The van der Waals surface area contributed by atoms with Crippen LogP contribution in [0.4, 0.5) is 0 Å². The van der Waals surface area contributed by atoms with E-state index in [1.54, 1.807) is 6.92 Å². The molecule has 3 aromatic carbocycles. The van der Waals surface area contributed by atoms with E-state index in [4.69, 9.17) is 14.7 Å². The van der Waals surface area contributed by atoms with Gasteiger partial charge in [-0.3, -0.25) is 4.79 Å². The van der Waals surface area contributed by atoms with Gasteiger partial charge in [-0.05, 0) is 74.2 Å². The lowest BCUT2D eigenvalue weighted by Gasteiger charge is -2.05. The van der Waals surface area contributed by atoms with Gasteiger partial charge in [0.05, 0.1) is 6.61 Å². The molecule has 0 radical (unpaired) electrons. The van der Waals surface area contributed by atoms with Crippen LogP contribution >= 0.6 is 0 Å².